The van der Waals surface area contributed by atoms with Crippen LogP contribution in [0.25, 0.3) is 16.7 Å². The monoisotopic (exact) mass is 560 g/mol. The molecule has 9 heteroatoms. The molecule has 3 aromatic rings. The summed E-state index contributed by atoms with van der Waals surface area (Å²) in [5.74, 6) is 1.92. The number of carbonyl (C=O) groups excluding carboxylic acids is 1. The first-order valence-electron chi connectivity index (χ1n) is 14.5. The zero-order valence-corrected chi connectivity index (χ0v) is 24.3. The van der Waals surface area contributed by atoms with Gasteiger partial charge in [-0.2, -0.15) is 4.98 Å². The summed E-state index contributed by atoms with van der Waals surface area (Å²) in [7, 11) is 0. The second-order valence-electron chi connectivity index (χ2n) is 11.4. The molecule has 3 atom stereocenters. The Balaban J connectivity index is 1.57. The number of piperidine rings is 1. The first-order valence-corrected chi connectivity index (χ1v) is 14.9. The van der Waals surface area contributed by atoms with Crippen LogP contribution in [0.15, 0.2) is 41.7 Å². The van der Waals surface area contributed by atoms with E-state index in [4.69, 9.17) is 21.6 Å². The Hall–Kier alpha value is -3.39. The third-order valence-corrected chi connectivity index (χ3v) is 9.32. The lowest BCUT2D eigenvalue weighted by molar-refractivity contribution is -0.126. The Morgan fingerprint density at radius 3 is 2.42 bits per heavy atom. The van der Waals surface area contributed by atoms with Gasteiger partial charge in [0.05, 0.1) is 16.1 Å². The lowest BCUT2D eigenvalue weighted by Gasteiger charge is -2.40. The van der Waals surface area contributed by atoms with Gasteiger partial charge in [0.25, 0.3) is 0 Å². The molecular formula is C31H37ClN6O2. The Kier molecular flexibility index (Phi) is 7.07. The molecule has 2 aromatic heterocycles. The number of nitrogens with zero attached hydrogens (tertiary/aromatic N) is 6. The molecule has 0 radical (unpaired) electrons. The zero-order chi connectivity index (χ0) is 28.1. The van der Waals surface area contributed by atoms with Crippen molar-refractivity contribution in [1.29, 1.82) is 0 Å². The molecule has 1 aliphatic carbocycles. The number of para-hydroxylation sites is 1. The van der Waals surface area contributed by atoms with Gasteiger partial charge in [-0.15, -0.1) is 0 Å². The molecule has 0 spiro atoms. The number of halogens is 1. The lowest BCUT2D eigenvalue weighted by Crippen LogP contribution is -2.54. The van der Waals surface area contributed by atoms with E-state index in [1.165, 1.54) is 18.9 Å². The van der Waals surface area contributed by atoms with E-state index in [1.807, 2.05) is 13.0 Å². The van der Waals surface area contributed by atoms with Crippen molar-refractivity contribution >= 4 is 40.2 Å². The molecule has 40 heavy (non-hydrogen) atoms. The number of hydrogen-bond acceptors (Lipinski definition) is 6. The Morgan fingerprint density at radius 2 is 1.82 bits per heavy atom. The highest BCUT2D eigenvalue weighted by Gasteiger charge is 2.40. The Bertz CT molecular complexity index is 1530. The molecule has 4 heterocycles. The van der Waals surface area contributed by atoms with Gasteiger partial charge in [0.2, 0.25) is 5.91 Å². The molecule has 0 N–H and O–H groups in total. The summed E-state index contributed by atoms with van der Waals surface area (Å²) in [4.78, 5) is 42.5. The highest BCUT2D eigenvalue weighted by Crippen LogP contribution is 2.43. The van der Waals surface area contributed by atoms with Crippen molar-refractivity contribution in [3.8, 4) is 5.69 Å². The van der Waals surface area contributed by atoms with E-state index in [1.54, 1.807) is 9.47 Å². The van der Waals surface area contributed by atoms with Gasteiger partial charge in [0.15, 0.2) is 5.65 Å². The van der Waals surface area contributed by atoms with E-state index in [-0.39, 0.29) is 17.6 Å². The predicted octanol–water partition coefficient (Wildman–Crippen LogP) is 4.77. The summed E-state index contributed by atoms with van der Waals surface area (Å²) in [6.45, 7) is 12.4. The average molecular weight is 561 g/mol. The molecule has 1 saturated carbocycles. The summed E-state index contributed by atoms with van der Waals surface area (Å²) < 4.78 is 1.72. The standard InChI is InChI=1S/C31H37ClN6O2/c1-5-21-9-8-10-22(6-2)27(21)38-29-24(16-25(32)30(33-29)37-18-20-11-12-23(37)15-20)28(34-31(38)40)36-14-13-35(17-19(36)4)26(39)7-3/h7-10,16,19-20,23H,3,5-6,11-15,17-18H2,1-2,4H3/t19-,20-,23+/m0/s1. The van der Waals surface area contributed by atoms with Gasteiger partial charge in [-0.05, 0) is 68.2 Å². The smallest absolute Gasteiger partial charge is 0.352 e. The quantitative estimate of drug-likeness (QED) is 0.404. The summed E-state index contributed by atoms with van der Waals surface area (Å²) >= 11 is 7.00. The van der Waals surface area contributed by atoms with Crippen molar-refractivity contribution in [2.45, 2.75) is 65.0 Å². The maximum atomic E-state index is 14.1. The van der Waals surface area contributed by atoms with E-state index >= 15 is 0 Å². The van der Waals surface area contributed by atoms with Crippen LogP contribution in [-0.2, 0) is 17.6 Å². The molecule has 1 amide bonds. The van der Waals surface area contributed by atoms with Crippen LogP contribution in [-0.4, -0.2) is 63.6 Å². The zero-order valence-electron chi connectivity index (χ0n) is 23.6. The van der Waals surface area contributed by atoms with Crippen LogP contribution < -0.4 is 15.5 Å². The molecule has 2 aliphatic heterocycles. The first kappa shape index (κ1) is 26.8. The third-order valence-electron chi connectivity index (χ3n) is 9.04. The largest absolute Gasteiger partial charge is 0.355 e. The predicted molar refractivity (Wildman–Crippen MR) is 161 cm³/mol. The maximum absolute atomic E-state index is 14.1. The number of pyridine rings is 1. The molecule has 2 saturated heterocycles. The van der Waals surface area contributed by atoms with Crippen LogP contribution in [0.5, 0.6) is 0 Å². The fourth-order valence-electron chi connectivity index (χ4n) is 7.01. The fourth-order valence-corrected chi connectivity index (χ4v) is 7.27. The number of anilines is 2. The molecule has 8 nitrogen and oxygen atoms in total. The van der Waals surface area contributed by atoms with Gasteiger partial charge < -0.3 is 14.7 Å². The number of amides is 1. The van der Waals surface area contributed by atoms with Crippen LogP contribution in [0, 0.1) is 5.92 Å². The number of benzene rings is 1. The second kappa shape index (κ2) is 10.5. The van der Waals surface area contributed by atoms with Gasteiger partial charge >= 0.3 is 5.69 Å². The fraction of sp³-hybridized carbons (Fsp3) is 0.484. The molecule has 6 rings (SSSR count). The van der Waals surface area contributed by atoms with Crippen LogP contribution in [0.1, 0.15) is 51.2 Å². The molecular weight excluding hydrogens is 524 g/mol. The summed E-state index contributed by atoms with van der Waals surface area (Å²) in [6.07, 6.45) is 6.50. The lowest BCUT2D eigenvalue weighted by atomic mass is 10.0. The molecule has 1 aromatic carbocycles. The topological polar surface area (TPSA) is 74.6 Å². The number of fused-ring (bicyclic) bond motifs is 3. The summed E-state index contributed by atoms with van der Waals surface area (Å²) in [6, 6.07) is 8.56. The number of hydrogen-bond donors (Lipinski definition) is 0. The number of aryl methyl sites for hydroxylation is 2. The number of rotatable bonds is 6. The normalized spacial score (nSPS) is 22.4. The van der Waals surface area contributed by atoms with Gasteiger partial charge in [0, 0.05) is 38.3 Å². The van der Waals surface area contributed by atoms with Crippen LogP contribution in [0.3, 0.4) is 0 Å². The van der Waals surface area contributed by atoms with Crippen molar-refractivity contribution in [3.05, 3.63) is 63.6 Å². The van der Waals surface area contributed by atoms with Crippen LogP contribution >= 0.6 is 11.6 Å². The Morgan fingerprint density at radius 1 is 1.07 bits per heavy atom. The average Bonchev–Trinajstić information content (AvgIpc) is 3.60. The van der Waals surface area contributed by atoms with E-state index in [2.05, 4.69) is 48.4 Å². The second-order valence-corrected chi connectivity index (χ2v) is 11.8. The highest BCUT2D eigenvalue weighted by atomic mass is 35.5. The van der Waals surface area contributed by atoms with Crippen LogP contribution in [0.4, 0.5) is 11.6 Å². The van der Waals surface area contributed by atoms with E-state index in [0.29, 0.717) is 48.1 Å². The number of carbonyl (C=O) groups is 1. The van der Waals surface area contributed by atoms with Crippen molar-refractivity contribution in [2.75, 3.05) is 36.0 Å². The van der Waals surface area contributed by atoms with Gasteiger partial charge in [-0.3, -0.25) is 4.79 Å². The van der Waals surface area contributed by atoms with E-state index < -0.39 is 0 Å². The highest BCUT2D eigenvalue weighted by molar-refractivity contribution is 6.33. The van der Waals surface area contributed by atoms with Crippen LogP contribution in [0.2, 0.25) is 5.02 Å². The molecule has 0 unspecified atom stereocenters. The van der Waals surface area contributed by atoms with Crippen molar-refractivity contribution in [1.82, 2.24) is 19.4 Å². The van der Waals surface area contributed by atoms with Gasteiger partial charge in [-0.1, -0.05) is 50.2 Å². The summed E-state index contributed by atoms with van der Waals surface area (Å²) in [5.41, 5.74) is 3.28. The number of piperazine rings is 1. The van der Waals surface area contributed by atoms with Gasteiger partial charge in [-0.25, -0.2) is 14.3 Å². The van der Waals surface area contributed by atoms with Gasteiger partial charge in [0.1, 0.15) is 11.6 Å². The molecule has 210 valence electrons. The van der Waals surface area contributed by atoms with Crippen molar-refractivity contribution < 1.29 is 4.79 Å². The minimum atomic E-state index is -0.349. The third kappa shape index (κ3) is 4.37. The maximum Gasteiger partial charge on any atom is 0.355 e. The molecule has 3 aliphatic rings. The molecule has 2 bridgehead atoms. The van der Waals surface area contributed by atoms with Crippen molar-refractivity contribution in [3.63, 3.8) is 0 Å². The van der Waals surface area contributed by atoms with E-state index in [0.717, 1.165) is 53.8 Å². The summed E-state index contributed by atoms with van der Waals surface area (Å²) in [5, 5.41) is 1.34. The minimum absolute atomic E-state index is 0.0505. The van der Waals surface area contributed by atoms with E-state index in [9.17, 15) is 9.59 Å². The first-order chi connectivity index (χ1) is 19.3. The van der Waals surface area contributed by atoms with Crippen molar-refractivity contribution in [2.24, 2.45) is 5.92 Å². The number of aromatic nitrogens is 3. The SMILES string of the molecule is C=CC(=O)N1CCN(c2nc(=O)n(-c3c(CC)cccc3CC)c3nc(N4C[C@H]5CC[C@@H]4C5)c(Cl)cc23)[C@@H](C)C1. The Labute approximate surface area is 240 Å². The molecule has 3 fully saturated rings. The minimum Gasteiger partial charge on any atom is -0.352 e.